The molecule has 0 N–H and O–H groups in total. The van der Waals surface area contributed by atoms with Gasteiger partial charge in [-0.1, -0.05) is 11.6 Å². The van der Waals surface area contributed by atoms with Crippen LogP contribution in [0.1, 0.15) is 12.8 Å². The zero-order chi connectivity index (χ0) is 24.4. The molecule has 0 aliphatic carbocycles. The molecule has 2 aliphatic rings. The molecule has 1 aromatic heterocycles. The molecule has 0 saturated carbocycles. The van der Waals surface area contributed by atoms with Gasteiger partial charge in [0.15, 0.2) is 5.82 Å². The fraction of sp³-hybridized carbons (Fsp3) is 0.346. The molecule has 0 bridgehead atoms. The van der Waals surface area contributed by atoms with Crippen molar-refractivity contribution in [3.05, 3.63) is 71.3 Å². The zero-order valence-electron chi connectivity index (χ0n) is 19.2. The van der Waals surface area contributed by atoms with E-state index in [2.05, 4.69) is 20.0 Å². The summed E-state index contributed by atoms with van der Waals surface area (Å²) in [6, 6.07) is 14.7. The second-order valence-electron chi connectivity index (χ2n) is 8.96. The third-order valence-electron chi connectivity index (χ3n) is 6.82. The molecule has 5 rings (SSSR count). The van der Waals surface area contributed by atoms with Crippen molar-refractivity contribution in [2.75, 3.05) is 49.1 Å². The first-order valence-corrected chi connectivity index (χ1v) is 12.2. The first kappa shape index (κ1) is 23.5. The number of benzene rings is 2. The molecular weight excluding hydrogens is 472 g/mol. The average Bonchev–Trinajstić information content (AvgIpc) is 2.91. The summed E-state index contributed by atoms with van der Waals surface area (Å²) in [5.74, 6) is 0.290. The van der Waals surface area contributed by atoms with Gasteiger partial charge < -0.3 is 14.7 Å². The Kier molecular flexibility index (Phi) is 6.81. The molecule has 1 amide bonds. The van der Waals surface area contributed by atoms with Crippen molar-refractivity contribution in [1.82, 2.24) is 15.1 Å². The van der Waals surface area contributed by atoms with Crippen LogP contribution in [0.5, 0.6) is 0 Å². The van der Waals surface area contributed by atoms with E-state index in [0.29, 0.717) is 31.9 Å². The fourth-order valence-electron chi connectivity index (χ4n) is 4.75. The van der Waals surface area contributed by atoms with Crippen molar-refractivity contribution >= 4 is 29.0 Å². The van der Waals surface area contributed by atoms with Crippen LogP contribution in [0.4, 0.5) is 20.3 Å². The number of halogens is 3. The summed E-state index contributed by atoms with van der Waals surface area (Å²) in [4.78, 5) is 19.4. The Morgan fingerprint density at radius 2 is 1.54 bits per heavy atom. The van der Waals surface area contributed by atoms with Gasteiger partial charge in [0, 0.05) is 56.4 Å². The molecule has 6 nitrogen and oxygen atoms in total. The van der Waals surface area contributed by atoms with Crippen LogP contribution in [0, 0.1) is 17.6 Å². The molecule has 0 spiro atoms. The molecule has 3 aromatic rings. The number of piperidine rings is 1. The van der Waals surface area contributed by atoms with Crippen molar-refractivity contribution in [2.24, 2.45) is 5.92 Å². The van der Waals surface area contributed by atoms with Crippen LogP contribution in [0.2, 0.25) is 5.02 Å². The highest BCUT2D eigenvalue weighted by Crippen LogP contribution is 2.27. The number of carbonyl (C=O) groups is 1. The van der Waals surface area contributed by atoms with Crippen molar-refractivity contribution < 1.29 is 13.6 Å². The van der Waals surface area contributed by atoms with Crippen LogP contribution in [0.3, 0.4) is 0 Å². The molecule has 35 heavy (non-hydrogen) atoms. The monoisotopic (exact) mass is 497 g/mol. The molecule has 2 aliphatic heterocycles. The number of piperazine rings is 1. The summed E-state index contributed by atoms with van der Waals surface area (Å²) in [5, 5.41) is 8.77. The van der Waals surface area contributed by atoms with E-state index in [1.165, 1.54) is 18.2 Å². The summed E-state index contributed by atoms with van der Waals surface area (Å²) in [6.45, 7) is 4.17. The molecule has 9 heteroatoms. The van der Waals surface area contributed by atoms with E-state index in [9.17, 15) is 13.6 Å². The zero-order valence-corrected chi connectivity index (χ0v) is 20.0. The van der Waals surface area contributed by atoms with Gasteiger partial charge in [-0.3, -0.25) is 4.79 Å². The highest BCUT2D eigenvalue weighted by atomic mass is 35.5. The van der Waals surface area contributed by atoms with E-state index in [0.717, 1.165) is 43.0 Å². The normalized spacial score (nSPS) is 17.1. The second-order valence-corrected chi connectivity index (χ2v) is 9.36. The predicted octanol–water partition coefficient (Wildman–Crippen LogP) is 4.64. The molecule has 3 heterocycles. The number of anilines is 2. The number of hydrogen-bond donors (Lipinski definition) is 0. The minimum absolute atomic E-state index is 0.00418. The van der Waals surface area contributed by atoms with Gasteiger partial charge in [-0.25, -0.2) is 8.78 Å². The molecule has 2 saturated heterocycles. The summed E-state index contributed by atoms with van der Waals surface area (Å²) in [5.41, 5.74) is 2.39. The number of amides is 1. The van der Waals surface area contributed by atoms with E-state index in [-0.39, 0.29) is 22.7 Å². The minimum atomic E-state index is -0.426. The summed E-state index contributed by atoms with van der Waals surface area (Å²) in [6.07, 6.45) is 1.54. The number of carbonyl (C=O) groups excluding carboxylic acids is 1. The highest BCUT2D eigenvalue weighted by Gasteiger charge is 2.31. The lowest BCUT2D eigenvalue weighted by Crippen LogP contribution is -2.51. The van der Waals surface area contributed by atoms with Crippen molar-refractivity contribution in [3.8, 4) is 11.3 Å². The predicted molar refractivity (Wildman–Crippen MR) is 133 cm³/mol. The average molecular weight is 498 g/mol. The van der Waals surface area contributed by atoms with Crippen LogP contribution < -0.4 is 9.80 Å². The lowest BCUT2D eigenvalue weighted by Gasteiger charge is -2.39. The van der Waals surface area contributed by atoms with Gasteiger partial charge in [0.1, 0.15) is 11.6 Å². The van der Waals surface area contributed by atoms with Gasteiger partial charge in [-0.15, -0.1) is 10.2 Å². The third-order valence-corrected chi connectivity index (χ3v) is 7.11. The van der Waals surface area contributed by atoms with Crippen LogP contribution >= 0.6 is 11.6 Å². The number of nitrogens with zero attached hydrogens (tertiary/aromatic N) is 5. The van der Waals surface area contributed by atoms with Crippen molar-refractivity contribution in [2.45, 2.75) is 12.8 Å². The maximum absolute atomic E-state index is 13.5. The van der Waals surface area contributed by atoms with Crippen molar-refractivity contribution in [3.63, 3.8) is 0 Å². The first-order valence-electron chi connectivity index (χ1n) is 11.8. The Balaban J connectivity index is 1.12. The smallest absolute Gasteiger partial charge is 0.225 e. The lowest BCUT2D eigenvalue weighted by atomic mass is 9.95. The fourth-order valence-corrected chi connectivity index (χ4v) is 4.92. The van der Waals surface area contributed by atoms with Gasteiger partial charge >= 0.3 is 0 Å². The first-order chi connectivity index (χ1) is 17.0. The largest absolute Gasteiger partial charge is 0.368 e. The van der Waals surface area contributed by atoms with Gasteiger partial charge in [-0.05, 0) is 67.4 Å². The Labute approximate surface area is 208 Å². The second kappa shape index (κ2) is 10.2. The molecule has 182 valence electrons. The molecular formula is C26H26ClF2N5O. The number of hydrogen-bond acceptors (Lipinski definition) is 5. The van der Waals surface area contributed by atoms with E-state index in [4.69, 9.17) is 11.6 Å². The van der Waals surface area contributed by atoms with Gasteiger partial charge in [0.2, 0.25) is 5.91 Å². The highest BCUT2D eigenvalue weighted by molar-refractivity contribution is 6.31. The summed E-state index contributed by atoms with van der Waals surface area (Å²) in [7, 11) is 0. The lowest BCUT2D eigenvalue weighted by molar-refractivity contribution is -0.136. The molecule has 0 atom stereocenters. The molecule has 2 fully saturated rings. The summed E-state index contributed by atoms with van der Waals surface area (Å²) < 4.78 is 26.6. The SMILES string of the molecule is O=C(C1CCN(c2ccc(-c3ccc(F)cc3)nn2)CC1)N1CCN(c2ccc(F)c(Cl)c2)CC1. The molecule has 2 aromatic carbocycles. The minimum Gasteiger partial charge on any atom is -0.368 e. The Morgan fingerprint density at radius 1 is 0.829 bits per heavy atom. The third kappa shape index (κ3) is 5.22. The van der Waals surface area contributed by atoms with Gasteiger partial charge in [0.25, 0.3) is 0 Å². The topological polar surface area (TPSA) is 52.6 Å². The maximum Gasteiger partial charge on any atom is 0.225 e. The van der Waals surface area contributed by atoms with E-state index in [1.807, 2.05) is 17.0 Å². The Hall–Kier alpha value is -3.26. The maximum atomic E-state index is 13.5. The van der Waals surface area contributed by atoms with Gasteiger partial charge in [-0.2, -0.15) is 0 Å². The van der Waals surface area contributed by atoms with Crippen LogP contribution in [-0.4, -0.2) is 60.3 Å². The van der Waals surface area contributed by atoms with Crippen LogP contribution in [0.25, 0.3) is 11.3 Å². The Morgan fingerprint density at radius 3 is 2.17 bits per heavy atom. The quantitative estimate of drug-likeness (QED) is 0.525. The van der Waals surface area contributed by atoms with E-state index in [1.54, 1.807) is 24.3 Å². The Bertz CT molecular complexity index is 1180. The number of rotatable bonds is 4. The van der Waals surface area contributed by atoms with Crippen LogP contribution in [0.15, 0.2) is 54.6 Å². The number of aromatic nitrogens is 2. The van der Waals surface area contributed by atoms with Gasteiger partial charge in [0.05, 0.1) is 10.7 Å². The van der Waals surface area contributed by atoms with E-state index < -0.39 is 5.82 Å². The molecule has 0 unspecified atom stereocenters. The summed E-state index contributed by atoms with van der Waals surface area (Å²) >= 11 is 5.92. The van der Waals surface area contributed by atoms with Crippen molar-refractivity contribution in [1.29, 1.82) is 0 Å². The standard InChI is InChI=1S/C26H26ClF2N5O/c27-22-17-21(5-6-23(22)29)32-13-15-34(16-14-32)26(35)19-9-11-33(12-10-19)25-8-7-24(30-31-25)18-1-3-20(28)4-2-18/h1-8,17,19H,9-16H2. The van der Waals surface area contributed by atoms with Crippen LogP contribution in [-0.2, 0) is 4.79 Å². The molecule has 0 radical (unpaired) electrons. The van der Waals surface area contributed by atoms with E-state index >= 15 is 0 Å².